The normalized spacial score (nSPS) is 22.3. The van der Waals surface area contributed by atoms with E-state index in [1.807, 2.05) is 12.1 Å². The van der Waals surface area contributed by atoms with Crippen molar-refractivity contribution in [3.63, 3.8) is 0 Å². The number of hydrogen-bond acceptors (Lipinski definition) is 5. The summed E-state index contributed by atoms with van der Waals surface area (Å²) >= 11 is 0. The molecule has 1 fully saturated rings. The summed E-state index contributed by atoms with van der Waals surface area (Å²) in [6, 6.07) is 6.11. The maximum absolute atomic E-state index is 5.41. The van der Waals surface area contributed by atoms with Crippen LogP contribution in [0.4, 0.5) is 5.69 Å². The van der Waals surface area contributed by atoms with E-state index in [0.717, 1.165) is 24.6 Å². The fourth-order valence-corrected chi connectivity index (χ4v) is 2.65. The quantitative estimate of drug-likeness (QED) is 0.824. The Morgan fingerprint density at radius 3 is 3.11 bits per heavy atom. The topological polar surface area (TPSA) is 57.0 Å². The Morgan fingerprint density at radius 2 is 2.22 bits per heavy atom. The van der Waals surface area contributed by atoms with Crippen molar-refractivity contribution in [2.45, 2.75) is 12.8 Å². The molecule has 0 aliphatic carbocycles. The van der Waals surface area contributed by atoms with Gasteiger partial charge in [-0.2, -0.15) is 0 Å². The van der Waals surface area contributed by atoms with Gasteiger partial charge in [0.05, 0.1) is 6.61 Å². The Kier molecular flexibility index (Phi) is 3.25. The Balaban J connectivity index is 1.73. The number of piperidine rings is 1. The van der Waals surface area contributed by atoms with E-state index in [0.29, 0.717) is 19.3 Å². The molecule has 1 aromatic rings. The summed E-state index contributed by atoms with van der Waals surface area (Å²) in [5, 5.41) is 0. The van der Waals surface area contributed by atoms with Crippen molar-refractivity contribution in [3.8, 4) is 11.5 Å². The van der Waals surface area contributed by atoms with E-state index < -0.39 is 0 Å². The van der Waals surface area contributed by atoms with Crippen LogP contribution in [0.1, 0.15) is 12.8 Å². The summed E-state index contributed by atoms with van der Waals surface area (Å²) in [7, 11) is 0. The SMILES string of the molecule is NOCC1CCCN(c2ccc3c(c2)OCO3)C1. The Labute approximate surface area is 106 Å². The maximum atomic E-state index is 5.41. The lowest BCUT2D eigenvalue weighted by molar-refractivity contribution is 0.0951. The minimum Gasteiger partial charge on any atom is -0.454 e. The second-order valence-corrected chi connectivity index (χ2v) is 4.83. The highest BCUT2D eigenvalue weighted by atomic mass is 16.7. The number of fused-ring (bicyclic) bond motifs is 1. The highest BCUT2D eigenvalue weighted by Gasteiger charge is 2.22. The molecule has 1 atom stereocenters. The molecule has 98 valence electrons. The molecular formula is C13H18N2O3. The van der Waals surface area contributed by atoms with Crippen molar-refractivity contribution in [1.82, 2.24) is 0 Å². The Morgan fingerprint density at radius 1 is 1.33 bits per heavy atom. The summed E-state index contributed by atoms with van der Waals surface area (Å²) in [4.78, 5) is 7.12. The maximum Gasteiger partial charge on any atom is 0.231 e. The second-order valence-electron chi connectivity index (χ2n) is 4.83. The van der Waals surface area contributed by atoms with Gasteiger partial charge in [-0.15, -0.1) is 0 Å². The fraction of sp³-hybridized carbons (Fsp3) is 0.538. The molecule has 2 heterocycles. The zero-order valence-corrected chi connectivity index (χ0v) is 10.3. The molecule has 1 unspecified atom stereocenters. The molecule has 0 bridgehead atoms. The van der Waals surface area contributed by atoms with Crippen LogP contribution in [0.2, 0.25) is 0 Å². The minimum absolute atomic E-state index is 0.322. The molecule has 1 aromatic carbocycles. The molecule has 2 aliphatic rings. The molecule has 2 aliphatic heterocycles. The van der Waals surface area contributed by atoms with Gasteiger partial charge in [-0.1, -0.05) is 0 Å². The Hall–Kier alpha value is -1.46. The molecule has 0 amide bonds. The van der Waals surface area contributed by atoms with E-state index in [1.54, 1.807) is 0 Å². The van der Waals surface area contributed by atoms with Crippen molar-refractivity contribution < 1.29 is 14.3 Å². The van der Waals surface area contributed by atoms with Gasteiger partial charge in [0.25, 0.3) is 0 Å². The molecule has 18 heavy (non-hydrogen) atoms. The molecule has 0 radical (unpaired) electrons. The zero-order chi connectivity index (χ0) is 12.4. The predicted molar refractivity (Wildman–Crippen MR) is 67.6 cm³/mol. The lowest BCUT2D eigenvalue weighted by Crippen LogP contribution is -2.37. The van der Waals surface area contributed by atoms with Gasteiger partial charge < -0.3 is 19.2 Å². The van der Waals surface area contributed by atoms with Gasteiger partial charge in [-0.05, 0) is 25.0 Å². The van der Waals surface area contributed by atoms with Gasteiger partial charge in [0.1, 0.15) is 0 Å². The van der Waals surface area contributed by atoms with Crippen LogP contribution in [0.5, 0.6) is 11.5 Å². The van der Waals surface area contributed by atoms with Crippen molar-refractivity contribution in [2.75, 3.05) is 31.4 Å². The number of ether oxygens (including phenoxy) is 2. The summed E-state index contributed by atoms with van der Waals surface area (Å²) in [5.41, 5.74) is 1.18. The van der Waals surface area contributed by atoms with Crippen LogP contribution < -0.4 is 20.3 Å². The second kappa shape index (κ2) is 5.04. The molecule has 5 nitrogen and oxygen atoms in total. The van der Waals surface area contributed by atoms with E-state index in [4.69, 9.17) is 20.2 Å². The standard InChI is InChI=1S/C13H18N2O3/c14-18-8-10-2-1-5-15(7-10)11-3-4-12-13(6-11)17-9-16-12/h3-4,6,10H,1-2,5,7-9,14H2. The largest absolute Gasteiger partial charge is 0.454 e. The number of benzene rings is 1. The lowest BCUT2D eigenvalue weighted by atomic mass is 9.98. The number of nitrogens with two attached hydrogens (primary N) is 1. The van der Waals surface area contributed by atoms with Crippen LogP contribution in [-0.4, -0.2) is 26.5 Å². The molecule has 0 spiro atoms. The monoisotopic (exact) mass is 250 g/mol. The minimum atomic E-state index is 0.322. The molecule has 0 saturated carbocycles. The molecule has 3 rings (SSSR count). The first-order valence-corrected chi connectivity index (χ1v) is 6.33. The lowest BCUT2D eigenvalue weighted by Gasteiger charge is -2.34. The number of hydrogen-bond donors (Lipinski definition) is 1. The first kappa shape index (κ1) is 11.6. The molecule has 1 saturated heterocycles. The van der Waals surface area contributed by atoms with Crippen molar-refractivity contribution in [1.29, 1.82) is 0 Å². The summed E-state index contributed by atoms with van der Waals surface area (Å²) in [5.74, 6) is 7.34. The van der Waals surface area contributed by atoms with Crippen LogP contribution in [0, 0.1) is 5.92 Å². The van der Waals surface area contributed by atoms with E-state index in [9.17, 15) is 0 Å². The van der Waals surface area contributed by atoms with Crippen molar-refractivity contribution in [3.05, 3.63) is 18.2 Å². The highest BCUT2D eigenvalue weighted by molar-refractivity contribution is 5.57. The summed E-state index contributed by atoms with van der Waals surface area (Å²) in [6.07, 6.45) is 2.35. The van der Waals surface area contributed by atoms with Crippen molar-refractivity contribution >= 4 is 5.69 Å². The van der Waals surface area contributed by atoms with Gasteiger partial charge in [0.15, 0.2) is 11.5 Å². The molecule has 0 aromatic heterocycles. The highest BCUT2D eigenvalue weighted by Crippen LogP contribution is 2.36. The summed E-state index contributed by atoms with van der Waals surface area (Å²) < 4.78 is 10.7. The molecule has 2 N–H and O–H groups in total. The number of nitrogens with zero attached hydrogens (tertiary/aromatic N) is 1. The molecule has 5 heteroatoms. The Bertz CT molecular complexity index is 423. The smallest absolute Gasteiger partial charge is 0.231 e. The van der Waals surface area contributed by atoms with Gasteiger partial charge in [-0.25, -0.2) is 5.90 Å². The third kappa shape index (κ3) is 2.23. The van der Waals surface area contributed by atoms with Gasteiger partial charge in [0.2, 0.25) is 6.79 Å². The van der Waals surface area contributed by atoms with E-state index in [2.05, 4.69) is 11.0 Å². The third-order valence-electron chi connectivity index (χ3n) is 3.57. The predicted octanol–water partition coefficient (Wildman–Crippen LogP) is 1.52. The van der Waals surface area contributed by atoms with Gasteiger partial charge >= 0.3 is 0 Å². The first-order chi connectivity index (χ1) is 8.86. The number of rotatable bonds is 3. The average molecular weight is 250 g/mol. The fourth-order valence-electron chi connectivity index (χ4n) is 2.65. The van der Waals surface area contributed by atoms with Crippen LogP contribution in [-0.2, 0) is 4.84 Å². The van der Waals surface area contributed by atoms with Gasteiger partial charge in [0, 0.05) is 30.8 Å². The van der Waals surface area contributed by atoms with Crippen LogP contribution >= 0.6 is 0 Å². The average Bonchev–Trinajstić information content (AvgIpc) is 2.86. The van der Waals surface area contributed by atoms with E-state index >= 15 is 0 Å². The zero-order valence-electron chi connectivity index (χ0n) is 10.3. The van der Waals surface area contributed by atoms with Crippen LogP contribution in [0.3, 0.4) is 0 Å². The molecular weight excluding hydrogens is 232 g/mol. The number of anilines is 1. The first-order valence-electron chi connectivity index (χ1n) is 6.33. The van der Waals surface area contributed by atoms with Crippen LogP contribution in [0.15, 0.2) is 18.2 Å². The van der Waals surface area contributed by atoms with E-state index in [-0.39, 0.29) is 0 Å². The third-order valence-corrected chi connectivity index (χ3v) is 3.57. The van der Waals surface area contributed by atoms with E-state index in [1.165, 1.54) is 18.5 Å². The van der Waals surface area contributed by atoms with Gasteiger partial charge in [-0.3, -0.25) is 0 Å². The van der Waals surface area contributed by atoms with Crippen LogP contribution in [0.25, 0.3) is 0 Å². The summed E-state index contributed by atoms with van der Waals surface area (Å²) in [6.45, 7) is 3.00. The van der Waals surface area contributed by atoms with Crippen molar-refractivity contribution in [2.24, 2.45) is 11.8 Å².